The Balaban J connectivity index is 1.91. The van der Waals surface area contributed by atoms with Crippen molar-refractivity contribution in [2.45, 2.75) is 16.5 Å². The van der Waals surface area contributed by atoms with Gasteiger partial charge in [-0.3, -0.25) is 4.79 Å². The lowest BCUT2D eigenvalue weighted by Crippen LogP contribution is -2.15. The molecule has 6 nitrogen and oxygen atoms in total. The second kappa shape index (κ2) is 7.11. The average molecular weight is 286 g/mol. The van der Waals surface area contributed by atoms with E-state index in [1.54, 1.807) is 24.4 Å². The Hall–Kier alpha value is -2.59. The van der Waals surface area contributed by atoms with Gasteiger partial charge in [-0.2, -0.15) is 10.4 Å². The van der Waals surface area contributed by atoms with Crippen LogP contribution in [0.4, 0.5) is 0 Å². The molecule has 0 radical (unpaired) electrons. The van der Waals surface area contributed by atoms with Crippen molar-refractivity contribution in [1.29, 1.82) is 5.26 Å². The zero-order valence-corrected chi connectivity index (χ0v) is 11.1. The van der Waals surface area contributed by atoms with Gasteiger partial charge in [0.15, 0.2) is 5.09 Å². The van der Waals surface area contributed by atoms with Crippen LogP contribution in [-0.2, 0) is 4.79 Å². The molecular formula is C13H10N4O2S. The highest BCUT2D eigenvalue weighted by Crippen LogP contribution is 2.26. The van der Waals surface area contributed by atoms with Gasteiger partial charge in [-0.05, 0) is 36.0 Å². The minimum atomic E-state index is -0.460. The smallest absolute Gasteiger partial charge is 0.254 e. The van der Waals surface area contributed by atoms with Crippen molar-refractivity contribution in [1.82, 2.24) is 10.4 Å². The summed E-state index contributed by atoms with van der Waals surface area (Å²) in [4.78, 5) is 15.2. The summed E-state index contributed by atoms with van der Waals surface area (Å²) in [5, 5.41) is 13.5. The maximum absolute atomic E-state index is 11.0. The summed E-state index contributed by atoms with van der Waals surface area (Å²) in [7, 11) is 0. The molecule has 100 valence electrons. The predicted molar refractivity (Wildman–Crippen MR) is 73.0 cm³/mol. The van der Waals surface area contributed by atoms with E-state index in [4.69, 9.17) is 9.68 Å². The minimum Gasteiger partial charge on any atom is -0.448 e. The number of carbonyl (C=O) groups is 1. The van der Waals surface area contributed by atoms with Gasteiger partial charge in [0.1, 0.15) is 17.2 Å². The molecule has 1 amide bonds. The number of carbonyl (C=O) groups excluding carboxylic acids is 1. The number of hydrogen-bond donors (Lipinski definition) is 1. The largest absolute Gasteiger partial charge is 0.448 e. The standard InChI is InChI=1S/C13H10N4O2S/c14-7-6-11(18)17-16-9-10-4-5-13(19-10)20-12-3-1-2-8-15-12/h1-5,8-9H,6H2,(H,17,18)/b16-9-. The molecule has 7 heteroatoms. The molecule has 2 rings (SSSR count). The number of furan rings is 1. The van der Waals surface area contributed by atoms with Gasteiger partial charge in [-0.25, -0.2) is 10.4 Å². The molecule has 0 spiro atoms. The molecule has 2 aromatic heterocycles. The lowest BCUT2D eigenvalue weighted by atomic mass is 10.5. The Morgan fingerprint density at radius 3 is 3.15 bits per heavy atom. The van der Waals surface area contributed by atoms with E-state index in [9.17, 15) is 4.79 Å². The molecule has 0 aliphatic carbocycles. The number of rotatable bonds is 5. The highest BCUT2D eigenvalue weighted by Gasteiger charge is 2.03. The SMILES string of the molecule is N#CCC(=O)N/N=C\c1ccc(Sc2ccccn2)o1. The maximum atomic E-state index is 11.0. The molecule has 0 saturated heterocycles. The fourth-order valence-electron chi connectivity index (χ4n) is 1.25. The summed E-state index contributed by atoms with van der Waals surface area (Å²) in [6.45, 7) is 0. The second-order valence-electron chi connectivity index (χ2n) is 3.55. The Kier molecular flexibility index (Phi) is 4.92. The first-order valence-corrected chi connectivity index (χ1v) is 6.47. The van der Waals surface area contributed by atoms with Gasteiger partial charge >= 0.3 is 0 Å². The van der Waals surface area contributed by atoms with E-state index in [-0.39, 0.29) is 6.42 Å². The van der Waals surface area contributed by atoms with Crippen LogP contribution in [0.25, 0.3) is 0 Å². The van der Waals surface area contributed by atoms with E-state index in [0.717, 1.165) is 5.03 Å². The zero-order chi connectivity index (χ0) is 14.2. The number of nitrogens with one attached hydrogen (secondary N) is 1. The van der Waals surface area contributed by atoms with Crippen LogP contribution in [0.5, 0.6) is 0 Å². The van der Waals surface area contributed by atoms with Gasteiger partial charge < -0.3 is 4.42 Å². The average Bonchev–Trinajstić information content (AvgIpc) is 2.88. The van der Waals surface area contributed by atoms with E-state index >= 15 is 0 Å². The van der Waals surface area contributed by atoms with Gasteiger partial charge in [0.25, 0.3) is 5.91 Å². The summed E-state index contributed by atoms with van der Waals surface area (Å²) >= 11 is 1.39. The van der Waals surface area contributed by atoms with Crippen molar-refractivity contribution in [3.05, 3.63) is 42.3 Å². The molecule has 0 aliphatic rings. The third-order valence-corrected chi connectivity index (χ3v) is 2.94. The van der Waals surface area contributed by atoms with E-state index in [2.05, 4.69) is 15.5 Å². The molecule has 20 heavy (non-hydrogen) atoms. The maximum Gasteiger partial charge on any atom is 0.254 e. The topological polar surface area (TPSA) is 91.3 Å². The number of nitrogens with zero attached hydrogens (tertiary/aromatic N) is 3. The number of hydrogen-bond acceptors (Lipinski definition) is 6. The van der Waals surface area contributed by atoms with E-state index in [0.29, 0.717) is 10.9 Å². The molecule has 0 atom stereocenters. The van der Waals surface area contributed by atoms with Crippen molar-refractivity contribution in [2.75, 3.05) is 0 Å². The molecule has 0 aliphatic heterocycles. The monoisotopic (exact) mass is 286 g/mol. The van der Waals surface area contributed by atoms with Gasteiger partial charge in [0.2, 0.25) is 0 Å². The third kappa shape index (κ3) is 4.26. The fourth-order valence-corrected chi connectivity index (χ4v) is 1.99. The quantitative estimate of drug-likeness (QED) is 0.672. The predicted octanol–water partition coefficient (Wildman–Crippen LogP) is 2.19. The summed E-state index contributed by atoms with van der Waals surface area (Å²) < 4.78 is 5.49. The van der Waals surface area contributed by atoms with Crippen LogP contribution in [0.1, 0.15) is 12.2 Å². The molecule has 0 unspecified atom stereocenters. The van der Waals surface area contributed by atoms with Crippen LogP contribution in [-0.4, -0.2) is 17.1 Å². The number of aromatic nitrogens is 1. The fraction of sp³-hybridized carbons (Fsp3) is 0.0769. The molecular weight excluding hydrogens is 276 g/mol. The molecule has 2 heterocycles. The number of nitriles is 1. The van der Waals surface area contributed by atoms with Crippen molar-refractivity contribution in [3.8, 4) is 6.07 Å². The van der Waals surface area contributed by atoms with Crippen LogP contribution in [0.2, 0.25) is 0 Å². The van der Waals surface area contributed by atoms with Crippen LogP contribution in [0.15, 0.2) is 56.2 Å². The van der Waals surface area contributed by atoms with Crippen molar-refractivity contribution in [3.63, 3.8) is 0 Å². The Labute approximate surface area is 119 Å². The number of amides is 1. The lowest BCUT2D eigenvalue weighted by Gasteiger charge is -1.95. The van der Waals surface area contributed by atoms with Crippen LogP contribution in [0.3, 0.4) is 0 Å². The zero-order valence-electron chi connectivity index (χ0n) is 10.3. The molecule has 1 N–H and O–H groups in total. The van der Waals surface area contributed by atoms with E-state index < -0.39 is 5.91 Å². The highest BCUT2D eigenvalue weighted by molar-refractivity contribution is 7.99. The first kappa shape index (κ1) is 13.8. The lowest BCUT2D eigenvalue weighted by molar-refractivity contribution is -0.120. The van der Waals surface area contributed by atoms with Crippen molar-refractivity contribution < 1.29 is 9.21 Å². The summed E-state index contributed by atoms with van der Waals surface area (Å²) in [5.41, 5.74) is 2.22. The molecule has 0 saturated carbocycles. The third-order valence-electron chi connectivity index (χ3n) is 2.07. The molecule has 0 bridgehead atoms. The van der Waals surface area contributed by atoms with Gasteiger partial charge in [0, 0.05) is 6.20 Å². The summed E-state index contributed by atoms with van der Waals surface area (Å²) in [6.07, 6.45) is 2.85. The Bertz CT molecular complexity index is 646. The van der Waals surface area contributed by atoms with Gasteiger partial charge in [-0.15, -0.1) is 0 Å². The van der Waals surface area contributed by atoms with Crippen molar-refractivity contribution >= 4 is 23.9 Å². The highest BCUT2D eigenvalue weighted by atomic mass is 32.2. The first-order chi connectivity index (χ1) is 9.78. The minimum absolute atomic E-state index is 0.226. The summed E-state index contributed by atoms with van der Waals surface area (Å²) in [5.74, 6) is 0.0408. The van der Waals surface area contributed by atoms with Crippen LogP contribution in [0, 0.1) is 11.3 Å². The van der Waals surface area contributed by atoms with Crippen LogP contribution < -0.4 is 5.43 Å². The Morgan fingerprint density at radius 2 is 2.40 bits per heavy atom. The molecule has 0 fully saturated rings. The van der Waals surface area contributed by atoms with E-state index in [1.807, 2.05) is 18.2 Å². The first-order valence-electron chi connectivity index (χ1n) is 5.65. The Morgan fingerprint density at radius 1 is 1.50 bits per heavy atom. The number of pyridine rings is 1. The van der Waals surface area contributed by atoms with E-state index in [1.165, 1.54) is 18.0 Å². The molecule has 2 aromatic rings. The van der Waals surface area contributed by atoms with Crippen LogP contribution >= 0.6 is 11.8 Å². The normalized spacial score (nSPS) is 10.3. The number of hydrazone groups is 1. The van der Waals surface area contributed by atoms with Gasteiger partial charge in [0.05, 0.1) is 12.3 Å². The van der Waals surface area contributed by atoms with Gasteiger partial charge in [-0.1, -0.05) is 6.07 Å². The van der Waals surface area contributed by atoms with Crippen molar-refractivity contribution in [2.24, 2.45) is 5.10 Å². The second-order valence-corrected chi connectivity index (χ2v) is 4.58. The summed E-state index contributed by atoms with van der Waals surface area (Å²) in [6, 6.07) is 10.9. The molecule has 0 aromatic carbocycles.